The molecule has 2 atom stereocenters. The summed E-state index contributed by atoms with van der Waals surface area (Å²) in [7, 11) is 0. The van der Waals surface area contributed by atoms with Gasteiger partial charge in [-0.1, -0.05) is 40.5 Å². The van der Waals surface area contributed by atoms with E-state index in [1.807, 2.05) is 0 Å². The SMILES string of the molecule is CCNC(C)C(C)N(CC)CC(CC)CC. The van der Waals surface area contributed by atoms with E-state index in [0.717, 1.165) is 19.0 Å². The maximum absolute atomic E-state index is 3.53. The molecular formula is C14H32N2. The average molecular weight is 228 g/mol. The monoisotopic (exact) mass is 228 g/mol. The largest absolute Gasteiger partial charge is 0.313 e. The van der Waals surface area contributed by atoms with Crippen molar-refractivity contribution in [2.45, 2.75) is 66.5 Å². The number of hydrogen-bond acceptors (Lipinski definition) is 2. The first-order valence-electron chi connectivity index (χ1n) is 7.07. The Morgan fingerprint density at radius 1 is 1.00 bits per heavy atom. The van der Waals surface area contributed by atoms with Crippen LogP contribution in [0.15, 0.2) is 0 Å². The molecule has 0 heterocycles. The summed E-state index contributed by atoms with van der Waals surface area (Å²) in [5.74, 6) is 0.858. The van der Waals surface area contributed by atoms with Crippen molar-refractivity contribution in [2.75, 3.05) is 19.6 Å². The van der Waals surface area contributed by atoms with Crippen LogP contribution in [0.25, 0.3) is 0 Å². The van der Waals surface area contributed by atoms with Crippen LogP contribution >= 0.6 is 0 Å². The smallest absolute Gasteiger partial charge is 0.0218 e. The molecule has 0 aromatic heterocycles. The molecule has 0 fully saturated rings. The predicted octanol–water partition coefficient (Wildman–Crippen LogP) is 3.13. The van der Waals surface area contributed by atoms with Crippen molar-refractivity contribution in [1.29, 1.82) is 0 Å². The first kappa shape index (κ1) is 15.9. The van der Waals surface area contributed by atoms with Crippen LogP contribution in [0.4, 0.5) is 0 Å². The van der Waals surface area contributed by atoms with Crippen LogP contribution in [0.2, 0.25) is 0 Å². The van der Waals surface area contributed by atoms with Gasteiger partial charge >= 0.3 is 0 Å². The molecule has 2 nitrogen and oxygen atoms in total. The lowest BCUT2D eigenvalue weighted by molar-refractivity contribution is 0.153. The van der Waals surface area contributed by atoms with E-state index < -0.39 is 0 Å². The van der Waals surface area contributed by atoms with Crippen molar-refractivity contribution in [2.24, 2.45) is 5.92 Å². The summed E-state index contributed by atoms with van der Waals surface area (Å²) in [6, 6.07) is 1.21. The summed E-state index contributed by atoms with van der Waals surface area (Å²) < 4.78 is 0. The molecule has 0 bridgehead atoms. The lowest BCUT2D eigenvalue weighted by atomic mass is 10.0. The summed E-state index contributed by atoms with van der Waals surface area (Å²) >= 11 is 0. The molecule has 0 aliphatic carbocycles. The van der Waals surface area contributed by atoms with Gasteiger partial charge in [-0.25, -0.2) is 0 Å². The minimum Gasteiger partial charge on any atom is -0.313 e. The molecule has 0 aliphatic heterocycles. The molecule has 0 amide bonds. The third-order valence-electron chi connectivity index (χ3n) is 3.88. The fourth-order valence-corrected chi connectivity index (χ4v) is 2.27. The molecule has 0 aromatic rings. The summed E-state index contributed by atoms with van der Waals surface area (Å²) in [5.41, 5.74) is 0. The van der Waals surface area contributed by atoms with E-state index in [1.54, 1.807) is 0 Å². The highest BCUT2D eigenvalue weighted by Gasteiger charge is 2.20. The lowest BCUT2D eigenvalue weighted by Crippen LogP contribution is -2.48. The van der Waals surface area contributed by atoms with Crippen LogP contribution < -0.4 is 5.32 Å². The van der Waals surface area contributed by atoms with Crippen LogP contribution in [-0.4, -0.2) is 36.6 Å². The van der Waals surface area contributed by atoms with Crippen LogP contribution in [0.1, 0.15) is 54.4 Å². The lowest BCUT2D eigenvalue weighted by Gasteiger charge is -2.35. The predicted molar refractivity (Wildman–Crippen MR) is 73.9 cm³/mol. The fraction of sp³-hybridized carbons (Fsp3) is 1.00. The van der Waals surface area contributed by atoms with Gasteiger partial charge in [-0.15, -0.1) is 0 Å². The van der Waals surface area contributed by atoms with Gasteiger partial charge in [0.25, 0.3) is 0 Å². The Bertz CT molecular complexity index is 155. The highest BCUT2D eigenvalue weighted by molar-refractivity contribution is 4.78. The van der Waals surface area contributed by atoms with Crippen LogP contribution in [0, 0.1) is 5.92 Å². The van der Waals surface area contributed by atoms with Crippen molar-refractivity contribution in [3.05, 3.63) is 0 Å². The van der Waals surface area contributed by atoms with Crippen LogP contribution in [-0.2, 0) is 0 Å². The van der Waals surface area contributed by atoms with Crippen LogP contribution in [0.3, 0.4) is 0 Å². The van der Waals surface area contributed by atoms with E-state index in [0.29, 0.717) is 12.1 Å². The number of hydrogen-bond donors (Lipinski definition) is 1. The van der Waals surface area contributed by atoms with E-state index in [-0.39, 0.29) is 0 Å². The van der Waals surface area contributed by atoms with Gasteiger partial charge in [0.1, 0.15) is 0 Å². The van der Waals surface area contributed by atoms with Gasteiger partial charge in [0.05, 0.1) is 0 Å². The second-order valence-electron chi connectivity index (χ2n) is 4.86. The summed E-state index contributed by atoms with van der Waals surface area (Å²) in [6.45, 7) is 17.2. The highest BCUT2D eigenvalue weighted by Crippen LogP contribution is 2.13. The second-order valence-corrected chi connectivity index (χ2v) is 4.86. The molecule has 2 unspecified atom stereocenters. The summed E-state index contributed by atoms with van der Waals surface area (Å²) in [6.07, 6.45) is 2.60. The topological polar surface area (TPSA) is 15.3 Å². The van der Waals surface area contributed by atoms with Gasteiger partial charge in [0.15, 0.2) is 0 Å². The maximum atomic E-state index is 3.53. The Morgan fingerprint density at radius 2 is 1.56 bits per heavy atom. The minimum absolute atomic E-state index is 0.583. The summed E-state index contributed by atoms with van der Waals surface area (Å²) in [5, 5.41) is 3.53. The number of nitrogens with zero attached hydrogens (tertiary/aromatic N) is 1. The van der Waals surface area contributed by atoms with E-state index in [9.17, 15) is 0 Å². The third kappa shape index (κ3) is 5.31. The molecule has 0 rings (SSSR count). The third-order valence-corrected chi connectivity index (χ3v) is 3.88. The molecule has 0 spiro atoms. The van der Waals surface area contributed by atoms with Crippen LogP contribution in [0.5, 0.6) is 0 Å². The van der Waals surface area contributed by atoms with Crippen molar-refractivity contribution in [3.63, 3.8) is 0 Å². The fourth-order valence-electron chi connectivity index (χ4n) is 2.27. The number of likely N-dealkylation sites (N-methyl/N-ethyl adjacent to an activating group) is 2. The first-order valence-corrected chi connectivity index (χ1v) is 7.07. The van der Waals surface area contributed by atoms with Crippen molar-refractivity contribution in [3.8, 4) is 0 Å². The number of rotatable bonds is 9. The molecular weight excluding hydrogens is 196 g/mol. The van der Waals surface area contributed by atoms with Gasteiger partial charge in [-0.2, -0.15) is 0 Å². The molecule has 0 radical (unpaired) electrons. The average Bonchev–Trinajstić information content (AvgIpc) is 2.30. The van der Waals surface area contributed by atoms with E-state index in [4.69, 9.17) is 0 Å². The molecule has 98 valence electrons. The Balaban J connectivity index is 4.24. The zero-order valence-electron chi connectivity index (χ0n) is 12.2. The van der Waals surface area contributed by atoms with Crippen molar-refractivity contribution < 1.29 is 0 Å². The molecule has 16 heavy (non-hydrogen) atoms. The van der Waals surface area contributed by atoms with Crippen molar-refractivity contribution >= 4 is 0 Å². The zero-order valence-corrected chi connectivity index (χ0v) is 12.2. The molecule has 0 aromatic carbocycles. The second kappa shape index (κ2) is 9.00. The highest BCUT2D eigenvalue weighted by atomic mass is 15.2. The van der Waals surface area contributed by atoms with E-state index in [1.165, 1.54) is 19.4 Å². The standard InChI is InChI=1S/C14H32N2/c1-7-14(8-2)11-16(10-4)13(6)12(5)15-9-3/h12-15H,7-11H2,1-6H3. The first-order chi connectivity index (χ1) is 7.60. The molecule has 2 heteroatoms. The quantitative estimate of drug-likeness (QED) is 0.652. The van der Waals surface area contributed by atoms with Gasteiger partial charge in [-0.05, 0) is 32.9 Å². The van der Waals surface area contributed by atoms with Gasteiger partial charge in [0.2, 0.25) is 0 Å². The minimum atomic E-state index is 0.583. The molecule has 0 aliphatic rings. The number of nitrogens with one attached hydrogen (secondary N) is 1. The normalized spacial score (nSPS) is 15.8. The summed E-state index contributed by atoms with van der Waals surface area (Å²) in [4.78, 5) is 2.62. The zero-order chi connectivity index (χ0) is 12.6. The Morgan fingerprint density at radius 3 is 1.94 bits per heavy atom. The Hall–Kier alpha value is -0.0800. The Kier molecular flexibility index (Phi) is 8.96. The Labute approximate surface area is 103 Å². The molecule has 0 saturated carbocycles. The van der Waals surface area contributed by atoms with Gasteiger partial charge in [0, 0.05) is 18.6 Å². The molecule has 1 N–H and O–H groups in total. The van der Waals surface area contributed by atoms with Gasteiger partial charge < -0.3 is 5.32 Å². The van der Waals surface area contributed by atoms with E-state index in [2.05, 4.69) is 51.8 Å². The molecule has 0 saturated heterocycles. The van der Waals surface area contributed by atoms with Gasteiger partial charge in [-0.3, -0.25) is 4.90 Å². The van der Waals surface area contributed by atoms with Crippen molar-refractivity contribution in [1.82, 2.24) is 10.2 Å². The van der Waals surface area contributed by atoms with E-state index >= 15 is 0 Å². The maximum Gasteiger partial charge on any atom is 0.0218 e.